The summed E-state index contributed by atoms with van der Waals surface area (Å²) in [6.45, 7) is 3.61. The van der Waals surface area contributed by atoms with Gasteiger partial charge in [-0.2, -0.15) is 0 Å². The molecule has 0 bridgehead atoms. The number of carbonyl (C=O) groups excluding carboxylic acids is 1. The molecule has 0 aromatic heterocycles. The lowest BCUT2D eigenvalue weighted by atomic mass is 9.99. The minimum atomic E-state index is -0.172. The summed E-state index contributed by atoms with van der Waals surface area (Å²) < 4.78 is 11.4. The molecule has 2 amide bonds. The minimum Gasteiger partial charge on any atom is -0.492 e. The van der Waals surface area contributed by atoms with Crippen molar-refractivity contribution in [3.8, 4) is 5.75 Å². The van der Waals surface area contributed by atoms with Gasteiger partial charge in [0, 0.05) is 20.0 Å². The molecular formula is C20H24N2O3. The van der Waals surface area contributed by atoms with Crippen LogP contribution in [-0.4, -0.2) is 37.2 Å². The van der Waals surface area contributed by atoms with Crippen molar-refractivity contribution in [3.05, 3.63) is 59.7 Å². The van der Waals surface area contributed by atoms with Crippen LogP contribution in [0.15, 0.2) is 48.5 Å². The van der Waals surface area contributed by atoms with E-state index in [4.69, 9.17) is 9.47 Å². The molecule has 2 aromatic carbocycles. The van der Waals surface area contributed by atoms with Crippen LogP contribution in [0.2, 0.25) is 0 Å². The number of carbonyl (C=O) groups is 1. The number of fused-ring (bicyclic) bond motifs is 1. The Morgan fingerprint density at radius 1 is 1.20 bits per heavy atom. The second kappa shape index (κ2) is 8.03. The first-order valence-corrected chi connectivity index (χ1v) is 8.59. The molecule has 1 N–H and O–H groups in total. The van der Waals surface area contributed by atoms with Crippen molar-refractivity contribution < 1.29 is 14.3 Å². The van der Waals surface area contributed by atoms with E-state index in [0.29, 0.717) is 31.2 Å². The van der Waals surface area contributed by atoms with Crippen LogP contribution in [0.25, 0.3) is 0 Å². The van der Waals surface area contributed by atoms with Crippen molar-refractivity contribution in [3.63, 3.8) is 0 Å². The Bertz CT molecular complexity index is 732. The number of nitrogens with one attached hydrogen (secondary N) is 1. The molecule has 5 heteroatoms. The molecule has 0 aliphatic carbocycles. The fourth-order valence-electron chi connectivity index (χ4n) is 2.98. The first-order valence-electron chi connectivity index (χ1n) is 8.59. The van der Waals surface area contributed by atoms with Crippen LogP contribution in [0.1, 0.15) is 18.1 Å². The Labute approximate surface area is 148 Å². The van der Waals surface area contributed by atoms with Crippen molar-refractivity contribution in [2.75, 3.05) is 25.5 Å². The van der Waals surface area contributed by atoms with Gasteiger partial charge >= 0.3 is 6.03 Å². The highest BCUT2D eigenvalue weighted by atomic mass is 16.5. The topological polar surface area (TPSA) is 50.8 Å². The Hall–Kier alpha value is -2.53. The Morgan fingerprint density at radius 2 is 1.92 bits per heavy atom. The van der Waals surface area contributed by atoms with Crippen LogP contribution >= 0.6 is 0 Å². The lowest BCUT2D eigenvalue weighted by molar-refractivity contribution is 0.0159. The summed E-state index contributed by atoms with van der Waals surface area (Å²) in [6.07, 6.45) is 0.830. The summed E-state index contributed by atoms with van der Waals surface area (Å²) in [7, 11) is 1.78. The highest BCUT2D eigenvalue weighted by molar-refractivity contribution is 5.90. The highest BCUT2D eigenvalue weighted by Crippen LogP contribution is 2.24. The highest BCUT2D eigenvalue weighted by Gasteiger charge is 2.22. The average molecular weight is 340 g/mol. The van der Waals surface area contributed by atoms with E-state index in [-0.39, 0.29) is 12.1 Å². The average Bonchev–Trinajstić information content (AvgIpc) is 2.63. The third-order valence-corrected chi connectivity index (χ3v) is 4.29. The number of hydrogen-bond donors (Lipinski definition) is 1. The number of urea groups is 1. The third-order valence-electron chi connectivity index (χ3n) is 4.29. The zero-order valence-electron chi connectivity index (χ0n) is 14.7. The van der Waals surface area contributed by atoms with E-state index < -0.39 is 0 Å². The van der Waals surface area contributed by atoms with Crippen molar-refractivity contribution in [1.82, 2.24) is 4.90 Å². The van der Waals surface area contributed by atoms with Crippen LogP contribution in [0.5, 0.6) is 5.75 Å². The molecule has 1 aliphatic rings. The van der Waals surface area contributed by atoms with E-state index in [2.05, 4.69) is 17.4 Å². The van der Waals surface area contributed by atoms with Gasteiger partial charge in [-0.25, -0.2) is 4.79 Å². The van der Waals surface area contributed by atoms with Crippen LogP contribution in [0.3, 0.4) is 0 Å². The number of ether oxygens (including phenoxy) is 2. The van der Waals surface area contributed by atoms with Gasteiger partial charge in [-0.3, -0.25) is 0 Å². The quantitative estimate of drug-likeness (QED) is 0.903. The molecule has 132 valence electrons. The lowest BCUT2D eigenvalue weighted by Gasteiger charge is -2.29. The van der Waals surface area contributed by atoms with Gasteiger partial charge in [0.1, 0.15) is 5.75 Å². The van der Waals surface area contributed by atoms with Crippen molar-refractivity contribution >= 4 is 11.7 Å². The fourth-order valence-corrected chi connectivity index (χ4v) is 2.98. The number of benzene rings is 2. The van der Waals surface area contributed by atoms with E-state index in [1.165, 1.54) is 11.1 Å². The second-order valence-electron chi connectivity index (χ2n) is 6.15. The van der Waals surface area contributed by atoms with Crippen LogP contribution < -0.4 is 10.1 Å². The summed E-state index contributed by atoms with van der Waals surface area (Å²) in [5.41, 5.74) is 3.21. The molecule has 2 aromatic rings. The molecule has 0 saturated carbocycles. The number of para-hydroxylation sites is 2. The third kappa shape index (κ3) is 4.31. The summed E-state index contributed by atoms with van der Waals surface area (Å²) in [4.78, 5) is 14.1. The van der Waals surface area contributed by atoms with E-state index in [1.807, 2.05) is 43.3 Å². The molecule has 0 saturated heterocycles. The van der Waals surface area contributed by atoms with Gasteiger partial charge in [-0.05, 0) is 30.2 Å². The molecule has 1 atom stereocenters. The number of amides is 2. The predicted octanol–water partition coefficient (Wildman–Crippen LogP) is 3.69. The number of likely N-dealkylation sites (N-methyl/N-ethyl adjacent to an activating group) is 1. The van der Waals surface area contributed by atoms with Gasteiger partial charge in [-0.1, -0.05) is 36.4 Å². The summed E-state index contributed by atoms with van der Waals surface area (Å²) in [6, 6.07) is 15.6. The van der Waals surface area contributed by atoms with Crippen molar-refractivity contribution in [1.29, 1.82) is 0 Å². The maximum atomic E-state index is 12.5. The first kappa shape index (κ1) is 17.3. The standard InChI is InChI=1S/C20H24N2O3/c1-3-24-19-11-7-6-10-18(19)21-20(23)22(2)13-17-12-15-8-4-5-9-16(15)14-25-17/h4-11,17H,3,12-14H2,1-2H3,(H,21,23). The minimum absolute atomic E-state index is 0.00721. The number of nitrogens with zero attached hydrogens (tertiary/aromatic N) is 1. The van der Waals surface area contributed by atoms with Crippen LogP contribution in [-0.2, 0) is 17.8 Å². The zero-order valence-corrected chi connectivity index (χ0v) is 14.7. The number of rotatable bonds is 5. The molecule has 0 fully saturated rings. The number of hydrogen-bond acceptors (Lipinski definition) is 3. The van der Waals surface area contributed by atoms with Crippen LogP contribution in [0, 0.1) is 0 Å². The van der Waals surface area contributed by atoms with Gasteiger partial charge in [-0.15, -0.1) is 0 Å². The molecule has 1 heterocycles. The van der Waals surface area contributed by atoms with Gasteiger partial charge in [0.2, 0.25) is 0 Å². The predicted molar refractivity (Wildman–Crippen MR) is 98.0 cm³/mol. The molecule has 1 aliphatic heterocycles. The van der Waals surface area contributed by atoms with Gasteiger partial charge in [0.25, 0.3) is 0 Å². The fraction of sp³-hybridized carbons (Fsp3) is 0.350. The molecule has 3 rings (SSSR count). The maximum Gasteiger partial charge on any atom is 0.321 e. The van der Waals surface area contributed by atoms with E-state index in [9.17, 15) is 4.79 Å². The molecule has 0 spiro atoms. The normalized spacial score (nSPS) is 16.0. The Kier molecular flexibility index (Phi) is 5.56. The summed E-state index contributed by atoms with van der Waals surface area (Å²) in [5.74, 6) is 0.676. The summed E-state index contributed by atoms with van der Waals surface area (Å²) >= 11 is 0. The maximum absolute atomic E-state index is 12.5. The molecule has 5 nitrogen and oxygen atoms in total. The monoisotopic (exact) mass is 340 g/mol. The molecule has 1 unspecified atom stereocenters. The lowest BCUT2D eigenvalue weighted by Crippen LogP contribution is -2.40. The molecule has 25 heavy (non-hydrogen) atoms. The largest absolute Gasteiger partial charge is 0.492 e. The Balaban J connectivity index is 1.59. The SMILES string of the molecule is CCOc1ccccc1NC(=O)N(C)CC1Cc2ccccc2CO1. The van der Waals surface area contributed by atoms with Gasteiger partial charge in [0.05, 0.1) is 25.0 Å². The Morgan fingerprint density at radius 3 is 2.72 bits per heavy atom. The van der Waals surface area contributed by atoms with E-state index in [1.54, 1.807) is 11.9 Å². The molecular weight excluding hydrogens is 316 g/mol. The van der Waals surface area contributed by atoms with Gasteiger partial charge < -0.3 is 19.7 Å². The number of anilines is 1. The zero-order chi connectivity index (χ0) is 17.6. The first-order chi connectivity index (χ1) is 12.2. The van der Waals surface area contributed by atoms with E-state index in [0.717, 1.165) is 6.42 Å². The summed E-state index contributed by atoms with van der Waals surface area (Å²) in [5, 5.41) is 2.91. The van der Waals surface area contributed by atoms with Crippen LogP contribution in [0.4, 0.5) is 10.5 Å². The molecule has 0 radical (unpaired) electrons. The van der Waals surface area contributed by atoms with E-state index >= 15 is 0 Å². The van der Waals surface area contributed by atoms with Gasteiger partial charge in [0.15, 0.2) is 0 Å². The van der Waals surface area contributed by atoms with Crippen molar-refractivity contribution in [2.24, 2.45) is 0 Å². The van der Waals surface area contributed by atoms with Crippen molar-refractivity contribution in [2.45, 2.75) is 26.1 Å². The second-order valence-corrected chi connectivity index (χ2v) is 6.15. The smallest absolute Gasteiger partial charge is 0.321 e.